The van der Waals surface area contributed by atoms with Crippen LogP contribution >= 0.6 is 0 Å². The van der Waals surface area contributed by atoms with Crippen LogP contribution in [0.3, 0.4) is 0 Å². The second kappa shape index (κ2) is 7.38. The molecule has 2 fully saturated rings. The van der Waals surface area contributed by atoms with Gasteiger partial charge in [-0.25, -0.2) is 14.5 Å². The third-order valence-corrected chi connectivity index (χ3v) is 5.35. The number of rotatable bonds is 5. The summed E-state index contributed by atoms with van der Waals surface area (Å²) in [5.74, 6) is 0.0145. The highest BCUT2D eigenvalue weighted by Gasteiger charge is 2.47. The molecule has 0 N–H and O–H groups in total. The molecule has 27 heavy (non-hydrogen) atoms. The fourth-order valence-electron chi connectivity index (χ4n) is 3.75. The monoisotopic (exact) mass is 369 g/mol. The summed E-state index contributed by atoms with van der Waals surface area (Å²) in [6, 6.07) is 10.1. The third-order valence-electron chi connectivity index (χ3n) is 5.35. The molecule has 1 spiro atoms. The number of amides is 2. The van der Waals surface area contributed by atoms with E-state index in [4.69, 9.17) is 4.74 Å². The summed E-state index contributed by atoms with van der Waals surface area (Å²) < 4.78 is 7.27. The minimum Gasteiger partial charge on any atom is -0.441 e. The molecule has 2 aliphatic heterocycles. The molecule has 2 aromatic rings. The van der Waals surface area contributed by atoms with Crippen molar-refractivity contribution in [2.75, 3.05) is 26.2 Å². The van der Waals surface area contributed by atoms with E-state index in [1.807, 2.05) is 23.1 Å². The van der Waals surface area contributed by atoms with Gasteiger partial charge in [-0.2, -0.15) is 5.10 Å². The molecule has 2 saturated heterocycles. The Morgan fingerprint density at radius 2 is 1.96 bits per heavy atom. The number of aromatic nitrogens is 3. The average Bonchev–Trinajstić information content (AvgIpc) is 3.29. The van der Waals surface area contributed by atoms with Gasteiger partial charge in [0.25, 0.3) is 0 Å². The Balaban J connectivity index is 1.29. The Morgan fingerprint density at radius 3 is 2.67 bits per heavy atom. The number of hydrogen-bond donors (Lipinski definition) is 0. The summed E-state index contributed by atoms with van der Waals surface area (Å²) in [6.45, 7) is 2.62. The van der Waals surface area contributed by atoms with E-state index in [1.165, 1.54) is 22.9 Å². The fourth-order valence-corrected chi connectivity index (χ4v) is 3.75. The number of ether oxygens (including phenoxy) is 1. The van der Waals surface area contributed by atoms with E-state index >= 15 is 0 Å². The molecule has 0 bridgehead atoms. The van der Waals surface area contributed by atoms with Crippen molar-refractivity contribution in [1.29, 1.82) is 0 Å². The molecule has 8 heteroatoms. The summed E-state index contributed by atoms with van der Waals surface area (Å²) in [4.78, 5) is 32.1. The maximum atomic E-state index is 12.4. The first kappa shape index (κ1) is 17.5. The predicted molar refractivity (Wildman–Crippen MR) is 96.8 cm³/mol. The first-order valence-corrected chi connectivity index (χ1v) is 9.26. The number of piperidine rings is 1. The van der Waals surface area contributed by atoms with Crippen molar-refractivity contribution in [2.24, 2.45) is 0 Å². The van der Waals surface area contributed by atoms with Gasteiger partial charge in [0.1, 0.15) is 24.8 Å². The Kier molecular flexibility index (Phi) is 4.79. The van der Waals surface area contributed by atoms with Gasteiger partial charge in [-0.05, 0) is 12.0 Å². The lowest BCUT2D eigenvalue weighted by Crippen LogP contribution is -2.49. The summed E-state index contributed by atoms with van der Waals surface area (Å²) >= 11 is 0. The summed E-state index contributed by atoms with van der Waals surface area (Å²) in [7, 11) is 0. The van der Waals surface area contributed by atoms with Crippen LogP contribution in [-0.2, 0) is 22.5 Å². The molecular weight excluding hydrogens is 346 g/mol. The van der Waals surface area contributed by atoms with E-state index in [0.29, 0.717) is 39.0 Å². The normalized spacial score (nSPS) is 18.7. The van der Waals surface area contributed by atoms with Gasteiger partial charge in [-0.1, -0.05) is 30.3 Å². The summed E-state index contributed by atoms with van der Waals surface area (Å²) in [5, 5.41) is 3.97. The quantitative estimate of drug-likeness (QED) is 0.794. The molecular formula is C19H23N5O3. The van der Waals surface area contributed by atoms with Gasteiger partial charge >= 0.3 is 6.09 Å². The van der Waals surface area contributed by atoms with Gasteiger partial charge < -0.3 is 14.5 Å². The standard InChI is InChI=1S/C19H23N5O3/c25-17(12-24-15-20-14-21-24)22-10-7-19(8-11-22)13-23(18(26)27-19)9-6-16-4-2-1-3-5-16/h1-5,14-15H,6-13H2. The van der Waals surface area contributed by atoms with Crippen LogP contribution in [0.1, 0.15) is 18.4 Å². The Labute approximate surface area is 157 Å². The van der Waals surface area contributed by atoms with E-state index in [9.17, 15) is 9.59 Å². The van der Waals surface area contributed by atoms with Crippen molar-refractivity contribution in [2.45, 2.75) is 31.4 Å². The van der Waals surface area contributed by atoms with Gasteiger partial charge in [0.05, 0.1) is 6.54 Å². The lowest BCUT2D eigenvalue weighted by molar-refractivity contribution is -0.135. The van der Waals surface area contributed by atoms with Crippen molar-refractivity contribution in [3.8, 4) is 0 Å². The van der Waals surface area contributed by atoms with Crippen LogP contribution in [0.2, 0.25) is 0 Å². The van der Waals surface area contributed by atoms with Crippen LogP contribution in [0.5, 0.6) is 0 Å². The molecule has 4 rings (SSSR count). The maximum absolute atomic E-state index is 12.4. The second-order valence-corrected chi connectivity index (χ2v) is 7.18. The van der Waals surface area contributed by atoms with E-state index in [0.717, 1.165) is 6.42 Å². The van der Waals surface area contributed by atoms with Crippen LogP contribution in [0, 0.1) is 0 Å². The van der Waals surface area contributed by atoms with Gasteiger partial charge in [0.2, 0.25) is 5.91 Å². The number of likely N-dealkylation sites (tertiary alicyclic amines) is 1. The average molecular weight is 369 g/mol. The Bertz CT molecular complexity index is 785. The van der Waals surface area contributed by atoms with Crippen LogP contribution < -0.4 is 0 Å². The molecule has 3 heterocycles. The van der Waals surface area contributed by atoms with E-state index < -0.39 is 5.60 Å². The molecule has 0 radical (unpaired) electrons. The highest BCUT2D eigenvalue weighted by molar-refractivity contribution is 5.76. The first-order chi connectivity index (χ1) is 13.1. The molecule has 1 aromatic carbocycles. The smallest absolute Gasteiger partial charge is 0.410 e. The Morgan fingerprint density at radius 1 is 1.19 bits per heavy atom. The second-order valence-electron chi connectivity index (χ2n) is 7.18. The third kappa shape index (κ3) is 3.94. The molecule has 1 aromatic heterocycles. The predicted octanol–water partition coefficient (Wildman–Crippen LogP) is 1.33. The van der Waals surface area contributed by atoms with Gasteiger partial charge in [0.15, 0.2) is 0 Å². The number of carbonyl (C=O) groups is 2. The Hall–Kier alpha value is -2.90. The molecule has 0 atom stereocenters. The van der Waals surface area contributed by atoms with Crippen LogP contribution in [0.4, 0.5) is 4.79 Å². The van der Waals surface area contributed by atoms with Crippen LogP contribution in [0.15, 0.2) is 43.0 Å². The number of hydrogen-bond acceptors (Lipinski definition) is 5. The van der Waals surface area contributed by atoms with Crippen molar-refractivity contribution < 1.29 is 14.3 Å². The highest BCUT2D eigenvalue weighted by Crippen LogP contribution is 2.33. The molecule has 8 nitrogen and oxygen atoms in total. The van der Waals surface area contributed by atoms with Crippen molar-refractivity contribution in [3.63, 3.8) is 0 Å². The van der Waals surface area contributed by atoms with E-state index in [1.54, 1.807) is 4.90 Å². The van der Waals surface area contributed by atoms with Crippen LogP contribution in [0.25, 0.3) is 0 Å². The zero-order valence-corrected chi connectivity index (χ0v) is 15.2. The minimum atomic E-state index is -0.461. The molecule has 0 aliphatic carbocycles. The number of nitrogens with zero attached hydrogens (tertiary/aromatic N) is 5. The minimum absolute atomic E-state index is 0.0145. The molecule has 142 valence electrons. The molecule has 0 unspecified atom stereocenters. The lowest BCUT2D eigenvalue weighted by atomic mass is 9.91. The molecule has 2 amide bonds. The first-order valence-electron chi connectivity index (χ1n) is 9.26. The lowest BCUT2D eigenvalue weighted by Gasteiger charge is -2.37. The number of carbonyl (C=O) groups excluding carboxylic acids is 2. The van der Waals surface area contributed by atoms with E-state index in [2.05, 4.69) is 22.2 Å². The van der Waals surface area contributed by atoms with Gasteiger partial charge in [0, 0.05) is 32.5 Å². The molecule has 2 aliphatic rings. The number of benzene rings is 1. The van der Waals surface area contributed by atoms with Gasteiger partial charge in [-0.15, -0.1) is 0 Å². The topological polar surface area (TPSA) is 80.6 Å². The van der Waals surface area contributed by atoms with Crippen molar-refractivity contribution in [3.05, 3.63) is 48.5 Å². The maximum Gasteiger partial charge on any atom is 0.410 e. The SMILES string of the molecule is O=C(Cn1cncn1)N1CCC2(CC1)CN(CCc1ccccc1)C(=O)O2. The highest BCUT2D eigenvalue weighted by atomic mass is 16.6. The zero-order chi connectivity index (χ0) is 18.7. The zero-order valence-electron chi connectivity index (χ0n) is 15.2. The largest absolute Gasteiger partial charge is 0.441 e. The summed E-state index contributed by atoms with van der Waals surface area (Å²) in [5.41, 5.74) is 0.748. The van der Waals surface area contributed by atoms with Crippen LogP contribution in [-0.4, -0.2) is 68.3 Å². The molecule has 0 saturated carbocycles. The van der Waals surface area contributed by atoms with Crippen molar-refractivity contribution in [1.82, 2.24) is 24.6 Å². The van der Waals surface area contributed by atoms with Gasteiger partial charge in [-0.3, -0.25) is 4.79 Å². The van der Waals surface area contributed by atoms with E-state index in [-0.39, 0.29) is 18.5 Å². The van der Waals surface area contributed by atoms with Crippen molar-refractivity contribution >= 4 is 12.0 Å². The summed E-state index contributed by atoms with van der Waals surface area (Å²) in [6.07, 6.45) is 4.86. The fraction of sp³-hybridized carbons (Fsp3) is 0.474.